The molecule has 1 nitrogen and oxygen atoms in total. The van der Waals surface area contributed by atoms with Crippen LogP contribution in [0.2, 0.25) is 0 Å². The van der Waals surface area contributed by atoms with Gasteiger partial charge in [-0.1, -0.05) is 63.4 Å². The highest BCUT2D eigenvalue weighted by molar-refractivity contribution is 5.26. The number of benzene rings is 1. The van der Waals surface area contributed by atoms with E-state index >= 15 is 0 Å². The van der Waals surface area contributed by atoms with Gasteiger partial charge in [0, 0.05) is 6.04 Å². The molecule has 1 aromatic rings. The minimum absolute atomic E-state index is 0.623. The van der Waals surface area contributed by atoms with Crippen molar-refractivity contribution >= 4 is 0 Å². The molecule has 0 spiro atoms. The molecule has 1 aromatic carbocycles. The predicted octanol–water partition coefficient (Wildman–Crippen LogP) is 4.98. The van der Waals surface area contributed by atoms with Gasteiger partial charge in [-0.25, -0.2) is 0 Å². The van der Waals surface area contributed by atoms with Crippen LogP contribution in [0.4, 0.5) is 0 Å². The van der Waals surface area contributed by atoms with Crippen LogP contribution in [0.25, 0.3) is 0 Å². The second kappa shape index (κ2) is 6.96. The van der Waals surface area contributed by atoms with Crippen molar-refractivity contribution in [2.75, 3.05) is 6.54 Å². The Hall–Kier alpha value is -0.820. The summed E-state index contributed by atoms with van der Waals surface area (Å²) in [7, 11) is 0. The van der Waals surface area contributed by atoms with Crippen molar-refractivity contribution in [1.82, 2.24) is 5.32 Å². The zero-order valence-corrected chi connectivity index (χ0v) is 13.7. The Kier molecular flexibility index (Phi) is 5.00. The summed E-state index contributed by atoms with van der Waals surface area (Å²) in [5, 5.41) is 3.71. The van der Waals surface area contributed by atoms with Crippen molar-refractivity contribution in [2.45, 2.75) is 64.3 Å². The van der Waals surface area contributed by atoms with E-state index in [0.717, 1.165) is 23.7 Å². The maximum Gasteiger partial charge on any atom is 0.00104 e. The molecular weight excluding hydrogens is 254 g/mol. The molecule has 3 rings (SSSR count). The Balaban J connectivity index is 1.64. The Morgan fingerprint density at radius 3 is 2.52 bits per heavy atom. The van der Waals surface area contributed by atoms with E-state index in [9.17, 15) is 0 Å². The fourth-order valence-electron chi connectivity index (χ4n) is 4.39. The van der Waals surface area contributed by atoms with Gasteiger partial charge in [-0.05, 0) is 55.0 Å². The van der Waals surface area contributed by atoms with Crippen LogP contribution in [0.5, 0.6) is 0 Å². The molecule has 2 saturated carbocycles. The first-order chi connectivity index (χ1) is 10.3. The minimum Gasteiger partial charge on any atom is -0.314 e. The first kappa shape index (κ1) is 15.1. The molecule has 0 aliphatic heterocycles. The third-order valence-electron chi connectivity index (χ3n) is 5.62. The van der Waals surface area contributed by atoms with E-state index in [0.29, 0.717) is 6.04 Å². The monoisotopic (exact) mass is 285 g/mol. The van der Waals surface area contributed by atoms with E-state index < -0.39 is 0 Å². The average Bonchev–Trinajstić information content (AvgIpc) is 3.29. The van der Waals surface area contributed by atoms with Crippen molar-refractivity contribution in [3.63, 3.8) is 0 Å². The average molecular weight is 285 g/mol. The molecule has 0 aromatic heterocycles. The second-order valence-corrected chi connectivity index (χ2v) is 7.54. The van der Waals surface area contributed by atoms with Crippen LogP contribution in [0, 0.1) is 17.8 Å². The molecule has 4 atom stereocenters. The van der Waals surface area contributed by atoms with Gasteiger partial charge < -0.3 is 5.32 Å². The fourth-order valence-corrected chi connectivity index (χ4v) is 4.39. The summed E-state index contributed by atoms with van der Waals surface area (Å²) in [6.45, 7) is 5.78. The summed E-state index contributed by atoms with van der Waals surface area (Å²) in [6, 6.07) is 11.8. The van der Waals surface area contributed by atoms with Gasteiger partial charge in [-0.2, -0.15) is 0 Å². The zero-order chi connectivity index (χ0) is 14.7. The molecule has 0 bridgehead atoms. The van der Waals surface area contributed by atoms with E-state index in [-0.39, 0.29) is 0 Å². The molecule has 0 heterocycles. The Morgan fingerprint density at radius 1 is 1.00 bits per heavy atom. The second-order valence-electron chi connectivity index (χ2n) is 7.54. The zero-order valence-electron chi connectivity index (χ0n) is 13.7. The Labute approximate surface area is 130 Å². The van der Waals surface area contributed by atoms with Crippen LogP contribution in [0.1, 0.15) is 63.9 Å². The third kappa shape index (κ3) is 3.88. The normalized spacial score (nSPS) is 32.9. The summed E-state index contributed by atoms with van der Waals surface area (Å²) >= 11 is 0. The third-order valence-corrected chi connectivity index (χ3v) is 5.62. The Bertz CT molecular complexity index is 425. The van der Waals surface area contributed by atoms with Gasteiger partial charge in [0.15, 0.2) is 0 Å². The van der Waals surface area contributed by atoms with Crippen molar-refractivity contribution in [3.05, 3.63) is 35.9 Å². The van der Waals surface area contributed by atoms with E-state index in [1.54, 1.807) is 5.56 Å². The summed E-state index contributed by atoms with van der Waals surface area (Å²) in [5.41, 5.74) is 1.59. The molecule has 116 valence electrons. The fraction of sp³-hybridized carbons (Fsp3) is 0.700. The number of hydrogen-bond donors (Lipinski definition) is 1. The van der Waals surface area contributed by atoms with Gasteiger partial charge in [0.2, 0.25) is 0 Å². The summed E-state index contributed by atoms with van der Waals surface area (Å²) in [6.07, 6.45) is 8.72. The topological polar surface area (TPSA) is 12.0 Å². The highest BCUT2D eigenvalue weighted by atomic mass is 14.9. The summed E-state index contributed by atoms with van der Waals surface area (Å²) in [4.78, 5) is 0. The van der Waals surface area contributed by atoms with Crippen LogP contribution in [-0.4, -0.2) is 12.6 Å². The number of rotatable bonds is 5. The summed E-state index contributed by atoms with van der Waals surface area (Å²) < 4.78 is 0. The van der Waals surface area contributed by atoms with E-state index in [1.165, 1.54) is 45.1 Å². The predicted molar refractivity (Wildman–Crippen MR) is 90.5 cm³/mol. The standard InChI is InChI=1S/C20H31N/c1-15(2)21-14-17-11-7-4-8-12-18(17)20-13-19(20)16-9-5-3-6-10-16/h3,5-6,9-10,15,17-21H,4,7-8,11-14H2,1-2H3. The first-order valence-electron chi connectivity index (χ1n) is 9.04. The minimum atomic E-state index is 0.623. The van der Waals surface area contributed by atoms with Crippen molar-refractivity contribution in [3.8, 4) is 0 Å². The maximum atomic E-state index is 3.71. The molecule has 4 unspecified atom stereocenters. The lowest BCUT2D eigenvalue weighted by molar-refractivity contribution is 0.259. The molecular formula is C20H31N. The molecule has 0 radical (unpaired) electrons. The van der Waals surface area contributed by atoms with Gasteiger partial charge in [-0.15, -0.1) is 0 Å². The van der Waals surface area contributed by atoms with E-state index in [1.807, 2.05) is 0 Å². The van der Waals surface area contributed by atoms with Gasteiger partial charge in [0.1, 0.15) is 0 Å². The van der Waals surface area contributed by atoms with Crippen molar-refractivity contribution < 1.29 is 0 Å². The number of nitrogens with one attached hydrogen (secondary N) is 1. The van der Waals surface area contributed by atoms with E-state index in [4.69, 9.17) is 0 Å². The maximum absolute atomic E-state index is 3.71. The van der Waals surface area contributed by atoms with Crippen LogP contribution >= 0.6 is 0 Å². The molecule has 2 fully saturated rings. The van der Waals surface area contributed by atoms with Gasteiger partial charge >= 0.3 is 0 Å². The van der Waals surface area contributed by atoms with Crippen LogP contribution < -0.4 is 5.32 Å². The molecule has 2 aliphatic rings. The molecule has 1 N–H and O–H groups in total. The largest absolute Gasteiger partial charge is 0.314 e. The lowest BCUT2D eigenvalue weighted by Crippen LogP contribution is -2.33. The molecule has 0 saturated heterocycles. The van der Waals surface area contributed by atoms with Crippen molar-refractivity contribution in [2.24, 2.45) is 17.8 Å². The van der Waals surface area contributed by atoms with Gasteiger partial charge in [0.25, 0.3) is 0 Å². The SMILES string of the molecule is CC(C)NCC1CCCCCC1C1CC1c1ccccc1. The lowest BCUT2D eigenvalue weighted by Gasteiger charge is -2.27. The summed E-state index contributed by atoms with van der Waals surface area (Å²) in [5.74, 6) is 3.69. The van der Waals surface area contributed by atoms with Crippen molar-refractivity contribution in [1.29, 1.82) is 0 Å². The molecule has 0 amide bonds. The lowest BCUT2D eigenvalue weighted by atomic mass is 9.82. The van der Waals surface area contributed by atoms with Crippen LogP contribution in [0.3, 0.4) is 0 Å². The molecule has 1 heteroatoms. The van der Waals surface area contributed by atoms with E-state index in [2.05, 4.69) is 49.5 Å². The molecule has 2 aliphatic carbocycles. The first-order valence-corrected chi connectivity index (χ1v) is 9.04. The van der Waals surface area contributed by atoms with Crippen LogP contribution in [-0.2, 0) is 0 Å². The van der Waals surface area contributed by atoms with Gasteiger partial charge in [0.05, 0.1) is 0 Å². The quantitative estimate of drug-likeness (QED) is 0.752. The number of hydrogen-bond acceptors (Lipinski definition) is 1. The molecule has 21 heavy (non-hydrogen) atoms. The smallest absolute Gasteiger partial charge is 0.00104 e. The Morgan fingerprint density at radius 2 is 1.76 bits per heavy atom. The highest BCUT2D eigenvalue weighted by Crippen LogP contribution is 2.56. The van der Waals surface area contributed by atoms with Gasteiger partial charge in [-0.3, -0.25) is 0 Å². The van der Waals surface area contributed by atoms with Crippen LogP contribution in [0.15, 0.2) is 30.3 Å². The highest BCUT2D eigenvalue weighted by Gasteiger charge is 2.46.